The molecule has 1 atom stereocenters. The summed E-state index contributed by atoms with van der Waals surface area (Å²) in [5.41, 5.74) is 0. The molecule has 0 radical (unpaired) electrons. The van der Waals surface area contributed by atoms with Crippen molar-refractivity contribution in [1.29, 1.82) is 0 Å². The maximum Gasteiger partial charge on any atom is 0.128 e. The van der Waals surface area contributed by atoms with Crippen molar-refractivity contribution >= 4 is 21.7 Å². The third-order valence-corrected chi connectivity index (χ3v) is 3.52. The van der Waals surface area contributed by atoms with Crippen LogP contribution in [0.25, 0.3) is 0 Å². The van der Waals surface area contributed by atoms with Crippen molar-refractivity contribution in [2.75, 3.05) is 31.6 Å². The van der Waals surface area contributed by atoms with Gasteiger partial charge in [0.2, 0.25) is 0 Å². The Kier molecular flexibility index (Phi) is 3.82. The van der Waals surface area contributed by atoms with Crippen molar-refractivity contribution in [3.63, 3.8) is 0 Å². The first-order valence-electron chi connectivity index (χ1n) is 5.73. The molecular formula is C12H18BrN3. The van der Waals surface area contributed by atoms with Crippen molar-refractivity contribution in [3.8, 4) is 0 Å². The molecule has 1 aromatic rings. The fourth-order valence-corrected chi connectivity index (χ4v) is 2.49. The van der Waals surface area contributed by atoms with E-state index in [4.69, 9.17) is 0 Å². The second kappa shape index (κ2) is 5.15. The molecule has 0 N–H and O–H groups in total. The van der Waals surface area contributed by atoms with Crippen LogP contribution in [-0.4, -0.2) is 42.6 Å². The van der Waals surface area contributed by atoms with Gasteiger partial charge in [-0.05, 0) is 55.0 Å². The SMILES string of the molecule is CC1CN(C)CCCN1c1ccc(Br)cn1. The lowest BCUT2D eigenvalue weighted by atomic mass is 10.2. The van der Waals surface area contributed by atoms with Gasteiger partial charge in [0.25, 0.3) is 0 Å². The number of rotatable bonds is 1. The Bertz CT molecular complexity index is 339. The Hall–Kier alpha value is -0.610. The second-order valence-electron chi connectivity index (χ2n) is 4.49. The van der Waals surface area contributed by atoms with Crippen LogP contribution in [0.5, 0.6) is 0 Å². The number of halogens is 1. The summed E-state index contributed by atoms with van der Waals surface area (Å²) in [6.45, 7) is 5.65. The molecule has 1 aliphatic rings. The molecular weight excluding hydrogens is 266 g/mol. The minimum atomic E-state index is 0.529. The molecule has 88 valence electrons. The van der Waals surface area contributed by atoms with Crippen molar-refractivity contribution in [2.45, 2.75) is 19.4 Å². The topological polar surface area (TPSA) is 19.4 Å². The summed E-state index contributed by atoms with van der Waals surface area (Å²) in [7, 11) is 2.19. The zero-order chi connectivity index (χ0) is 11.5. The summed E-state index contributed by atoms with van der Waals surface area (Å²) in [4.78, 5) is 9.27. The summed E-state index contributed by atoms with van der Waals surface area (Å²) < 4.78 is 1.04. The van der Waals surface area contributed by atoms with Gasteiger partial charge in [-0.3, -0.25) is 0 Å². The van der Waals surface area contributed by atoms with Crippen LogP contribution in [0.4, 0.5) is 5.82 Å². The lowest BCUT2D eigenvalue weighted by Gasteiger charge is -2.29. The number of pyridine rings is 1. The highest BCUT2D eigenvalue weighted by atomic mass is 79.9. The van der Waals surface area contributed by atoms with Gasteiger partial charge in [0, 0.05) is 29.8 Å². The van der Waals surface area contributed by atoms with E-state index in [1.807, 2.05) is 6.20 Å². The smallest absolute Gasteiger partial charge is 0.128 e. The molecule has 0 bridgehead atoms. The average Bonchev–Trinajstić information content (AvgIpc) is 2.41. The van der Waals surface area contributed by atoms with Gasteiger partial charge in [-0.15, -0.1) is 0 Å². The highest BCUT2D eigenvalue weighted by molar-refractivity contribution is 9.10. The predicted molar refractivity (Wildman–Crippen MR) is 70.9 cm³/mol. The number of likely N-dealkylation sites (N-methyl/N-ethyl adjacent to an activating group) is 1. The van der Waals surface area contributed by atoms with Gasteiger partial charge >= 0.3 is 0 Å². The van der Waals surface area contributed by atoms with E-state index in [9.17, 15) is 0 Å². The normalized spacial score (nSPS) is 23.2. The lowest BCUT2D eigenvalue weighted by molar-refractivity contribution is 0.337. The van der Waals surface area contributed by atoms with Crippen LogP contribution < -0.4 is 4.90 Å². The molecule has 1 aromatic heterocycles. The minimum absolute atomic E-state index is 0.529. The molecule has 1 unspecified atom stereocenters. The highest BCUT2D eigenvalue weighted by Gasteiger charge is 2.20. The molecule has 1 saturated heterocycles. The van der Waals surface area contributed by atoms with Crippen molar-refractivity contribution in [2.24, 2.45) is 0 Å². The molecule has 0 amide bonds. The Labute approximate surface area is 106 Å². The number of hydrogen-bond acceptors (Lipinski definition) is 3. The van der Waals surface area contributed by atoms with Gasteiger partial charge in [-0.25, -0.2) is 4.98 Å². The number of nitrogens with zero attached hydrogens (tertiary/aromatic N) is 3. The van der Waals surface area contributed by atoms with Crippen LogP contribution in [0.1, 0.15) is 13.3 Å². The van der Waals surface area contributed by atoms with E-state index in [-0.39, 0.29) is 0 Å². The molecule has 0 aromatic carbocycles. The first kappa shape index (κ1) is 11.9. The summed E-state index contributed by atoms with van der Waals surface area (Å²) in [6.07, 6.45) is 3.08. The monoisotopic (exact) mass is 283 g/mol. The van der Waals surface area contributed by atoms with Crippen LogP contribution in [0.3, 0.4) is 0 Å². The van der Waals surface area contributed by atoms with Crippen LogP contribution in [0.15, 0.2) is 22.8 Å². The summed E-state index contributed by atoms with van der Waals surface area (Å²) in [5.74, 6) is 1.09. The van der Waals surface area contributed by atoms with Crippen LogP contribution >= 0.6 is 15.9 Å². The molecule has 0 saturated carbocycles. The average molecular weight is 284 g/mol. The van der Waals surface area contributed by atoms with Crippen LogP contribution in [-0.2, 0) is 0 Å². The van der Waals surface area contributed by atoms with E-state index in [2.05, 4.69) is 56.8 Å². The molecule has 3 nitrogen and oxygen atoms in total. The fourth-order valence-electron chi connectivity index (χ4n) is 2.25. The first-order valence-corrected chi connectivity index (χ1v) is 6.53. The van der Waals surface area contributed by atoms with E-state index in [0.29, 0.717) is 6.04 Å². The standard InChI is InChI=1S/C12H18BrN3/c1-10-9-15(2)6-3-7-16(10)12-5-4-11(13)8-14-12/h4-5,8,10H,3,6-7,9H2,1-2H3. The zero-order valence-corrected chi connectivity index (χ0v) is 11.4. The van der Waals surface area contributed by atoms with E-state index in [1.54, 1.807) is 0 Å². The van der Waals surface area contributed by atoms with E-state index < -0.39 is 0 Å². The van der Waals surface area contributed by atoms with Gasteiger partial charge in [0.15, 0.2) is 0 Å². The minimum Gasteiger partial charge on any atom is -0.353 e. The zero-order valence-electron chi connectivity index (χ0n) is 9.86. The molecule has 1 fully saturated rings. The molecule has 2 rings (SSSR count). The number of anilines is 1. The third kappa shape index (κ3) is 2.74. The molecule has 1 aliphatic heterocycles. The lowest BCUT2D eigenvalue weighted by Crippen LogP contribution is -2.38. The summed E-state index contributed by atoms with van der Waals surface area (Å²) in [6, 6.07) is 4.68. The van der Waals surface area contributed by atoms with Crippen molar-refractivity contribution < 1.29 is 0 Å². The maximum atomic E-state index is 4.48. The van der Waals surface area contributed by atoms with Gasteiger partial charge in [0.1, 0.15) is 5.82 Å². The molecule has 4 heteroatoms. The van der Waals surface area contributed by atoms with Crippen LogP contribution in [0, 0.1) is 0 Å². The molecule has 2 heterocycles. The number of aromatic nitrogens is 1. The largest absolute Gasteiger partial charge is 0.353 e. The maximum absolute atomic E-state index is 4.48. The molecule has 0 spiro atoms. The predicted octanol–water partition coefficient (Wildman–Crippen LogP) is 2.37. The Balaban J connectivity index is 2.15. The Morgan fingerprint density at radius 2 is 2.19 bits per heavy atom. The van der Waals surface area contributed by atoms with Crippen LogP contribution in [0.2, 0.25) is 0 Å². The van der Waals surface area contributed by atoms with Crippen molar-refractivity contribution in [3.05, 3.63) is 22.8 Å². The Morgan fingerprint density at radius 1 is 1.38 bits per heavy atom. The van der Waals surface area contributed by atoms with Gasteiger partial charge in [-0.2, -0.15) is 0 Å². The van der Waals surface area contributed by atoms with Gasteiger partial charge < -0.3 is 9.80 Å². The molecule has 16 heavy (non-hydrogen) atoms. The highest BCUT2D eigenvalue weighted by Crippen LogP contribution is 2.19. The Morgan fingerprint density at radius 3 is 2.88 bits per heavy atom. The summed E-state index contributed by atoms with van der Waals surface area (Å²) >= 11 is 3.42. The second-order valence-corrected chi connectivity index (χ2v) is 5.41. The summed E-state index contributed by atoms with van der Waals surface area (Å²) in [5, 5.41) is 0. The van der Waals surface area contributed by atoms with Gasteiger partial charge in [-0.1, -0.05) is 0 Å². The van der Waals surface area contributed by atoms with Gasteiger partial charge in [0.05, 0.1) is 0 Å². The fraction of sp³-hybridized carbons (Fsp3) is 0.583. The van der Waals surface area contributed by atoms with Crippen molar-refractivity contribution in [1.82, 2.24) is 9.88 Å². The van der Waals surface area contributed by atoms with E-state index in [1.165, 1.54) is 13.0 Å². The molecule has 0 aliphatic carbocycles. The first-order chi connectivity index (χ1) is 7.66. The number of hydrogen-bond donors (Lipinski definition) is 0. The van der Waals surface area contributed by atoms with E-state index >= 15 is 0 Å². The van der Waals surface area contributed by atoms with E-state index in [0.717, 1.165) is 23.4 Å². The quantitative estimate of drug-likeness (QED) is 0.789. The third-order valence-electron chi connectivity index (χ3n) is 3.05.